The van der Waals surface area contributed by atoms with Gasteiger partial charge in [0.2, 0.25) is 5.95 Å². The van der Waals surface area contributed by atoms with Gasteiger partial charge in [-0.25, -0.2) is 9.97 Å². The Balaban J connectivity index is 1.76. The van der Waals surface area contributed by atoms with E-state index in [1.54, 1.807) is 11.6 Å². The summed E-state index contributed by atoms with van der Waals surface area (Å²) in [5.74, 6) is 1.74. The van der Waals surface area contributed by atoms with E-state index in [9.17, 15) is 0 Å². The number of hydrogen-bond donors (Lipinski definition) is 1. The Morgan fingerprint density at radius 3 is 2.57 bits per heavy atom. The lowest BCUT2D eigenvalue weighted by Crippen LogP contribution is -2.65. The van der Waals surface area contributed by atoms with Gasteiger partial charge in [0.25, 0.3) is 0 Å². The quantitative estimate of drug-likeness (QED) is 0.742. The van der Waals surface area contributed by atoms with Crippen LogP contribution in [0.3, 0.4) is 0 Å². The lowest BCUT2D eigenvalue weighted by molar-refractivity contribution is -0.0481. The summed E-state index contributed by atoms with van der Waals surface area (Å²) in [5, 5.41) is 5.55. The van der Waals surface area contributed by atoms with Crippen molar-refractivity contribution in [3.63, 3.8) is 0 Å². The SMILES string of the molecule is COc1cccc2c1nc(N)n1nc(CN3CC(C)(C)N(C)CC3(C)C)nc21. The van der Waals surface area contributed by atoms with Crippen LogP contribution in [-0.2, 0) is 6.54 Å². The third kappa shape index (κ3) is 2.97. The number of nitrogen functional groups attached to an aromatic ring is 1. The molecule has 0 amide bonds. The summed E-state index contributed by atoms with van der Waals surface area (Å²) in [6, 6.07) is 5.78. The molecular weight excluding hydrogens is 354 g/mol. The van der Waals surface area contributed by atoms with E-state index >= 15 is 0 Å². The first-order valence-corrected chi connectivity index (χ1v) is 9.56. The summed E-state index contributed by atoms with van der Waals surface area (Å²) in [4.78, 5) is 14.2. The number of aromatic nitrogens is 4. The molecule has 4 rings (SSSR count). The number of nitrogens with two attached hydrogens (primary N) is 1. The second-order valence-electron chi connectivity index (χ2n) is 8.93. The number of benzene rings is 1. The topological polar surface area (TPSA) is 84.8 Å². The van der Waals surface area contributed by atoms with Crippen molar-refractivity contribution in [3.8, 4) is 5.75 Å². The number of piperazine rings is 1. The van der Waals surface area contributed by atoms with E-state index in [0.29, 0.717) is 29.4 Å². The van der Waals surface area contributed by atoms with Gasteiger partial charge in [0.05, 0.1) is 13.7 Å². The van der Waals surface area contributed by atoms with Gasteiger partial charge in [-0.1, -0.05) is 6.07 Å². The van der Waals surface area contributed by atoms with Crippen LogP contribution in [0.15, 0.2) is 18.2 Å². The molecule has 8 nitrogen and oxygen atoms in total. The Morgan fingerprint density at radius 2 is 1.86 bits per heavy atom. The molecule has 0 aliphatic carbocycles. The van der Waals surface area contributed by atoms with Crippen molar-refractivity contribution >= 4 is 22.5 Å². The zero-order valence-corrected chi connectivity index (χ0v) is 17.5. The predicted molar refractivity (Wildman–Crippen MR) is 110 cm³/mol. The van der Waals surface area contributed by atoms with Gasteiger partial charge in [0.15, 0.2) is 11.5 Å². The number of rotatable bonds is 3. The Bertz CT molecular complexity index is 1040. The summed E-state index contributed by atoms with van der Waals surface area (Å²) >= 11 is 0. The lowest BCUT2D eigenvalue weighted by Gasteiger charge is -2.53. The lowest BCUT2D eigenvalue weighted by atomic mass is 9.89. The van der Waals surface area contributed by atoms with Crippen molar-refractivity contribution in [2.75, 3.05) is 33.0 Å². The Kier molecular flexibility index (Phi) is 4.24. The number of nitrogens with zero attached hydrogens (tertiary/aromatic N) is 6. The van der Waals surface area contributed by atoms with Gasteiger partial charge in [-0.2, -0.15) is 4.52 Å². The molecule has 1 aromatic carbocycles. The number of likely N-dealkylation sites (N-methyl/N-ethyl adjacent to an activating group) is 1. The minimum absolute atomic E-state index is 0.0246. The molecular formula is C20H29N7O. The molecule has 3 heterocycles. The molecule has 8 heteroatoms. The van der Waals surface area contributed by atoms with Crippen molar-refractivity contribution in [1.29, 1.82) is 0 Å². The summed E-state index contributed by atoms with van der Waals surface area (Å²) < 4.78 is 7.06. The van der Waals surface area contributed by atoms with Gasteiger partial charge >= 0.3 is 0 Å². The van der Waals surface area contributed by atoms with Crippen molar-refractivity contribution in [2.45, 2.75) is 45.3 Å². The standard InChI is InChI=1S/C20H29N7O/c1-19(2)12-26(20(3,4)11-25(19)5)10-15-22-17-13-8-7-9-14(28-6)16(13)23-18(21)27(17)24-15/h7-9H,10-12H2,1-6H3,(H2,21,23). The molecule has 0 radical (unpaired) electrons. The van der Waals surface area contributed by atoms with Crippen molar-refractivity contribution in [1.82, 2.24) is 29.4 Å². The van der Waals surface area contributed by atoms with Crippen LogP contribution in [0, 0.1) is 0 Å². The van der Waals surface area contributed by atoms with Crippen LogP contribution in [-0.4, -0.2) is 67.7 Å². The maximum Gasteiger partial charge on any atom is 0.223 e. The average molecular weight is 384 g/mol. The van der Waals surface area contributed by atoms with E-state index in [-0.39, 0.29) is 11.1 Å². The Labute approximate surface area is 165 Å². The van der Waals surface area contributed by atoms with Gasteiger partial charge in [0.1, 0.15) is 11.3 Å². The minimum Gasteiger partial charge on any atom is -0.494 e. The van der Waals surface area contributed by atoms with E-state index in [2.05, 4.69) is 54.6 Å². The van der Waals surface area contributed by atoms with Gasteiger partial charge in [0, 0.05) is 29.6 Å². The Morgan fingerprint density at radius 1 is 1.11 bits per heavy atom. The highest BCUT2D eigenvalue weighted by atomic mass is 16.5. The van der Waals surface area contributed by atoms with E-state index in [1.165, 1.54) is 0 Å². The summed E-state index contributed by atoms with van der Waals surface area (Å²) in [5.41, 5.74) is 7.71. The third-order valence-electron chi connectivity index (χ3n) is 5.98. The van der Waals surface area contributed by atoms with Gasteiger partial charge in [-0.15, -0.1) is 5.10 Å². The fourth-order valence-electron chi connectivity index (χ4n) is 4.04. The van der Waals surface area contributed by atoms with Gasteiger partial charge in [-0.05, 0) is 46.9 Å². The zero-order valence-electron chi connectivity index (χ0n) is 17.5. The molecule has 0 unspecified atom stereocenters. The molecule has 1 aliphatic heterocycles. The summed E-state index contributed by atoms with van der Waals surface area (Å²) in [6.07, 6.45) is 0. The predicted octanol–water partition coefficient (Wildman–Crippen LogP) is 2.17. The normalized spacial score (nSPS) is 20.1. The number of ether oxygens (including phenoxy) is 1. The molecule has 2 N–H and O–H groups in total. The fourth-order valence-corrected chi connectivity index (χ4v) is 4.04. The van der Waals surface area contributed by atoms with Crippen LogP contribution in [0.25, 0.3) is 16.6 Å². The highest BCUT2D eigenvalue weighted by Crippen LogP contribution is 2.31. The first-order valence-electron chi connectivity index (χ1n) is 9.56. The first-order chi connectivity index (χ1) is 13.1. The molecule has 1 saturated heterocycles. The second-order valence-corrected chi connectivity index (χ2v) is 8.93. The van der Waals surface area contributed by atoms with Crippen LogP contribution in [0.4, 0.5) is 5.95 Å². The van der Waals surface area contributed by atoms with Crippen molar-refractivity contribution in [3.05, 3.63) is 24.0 Å². The maximum atomic E-state index is 6.18. The zero-order chi connectivity index (χ0) is 20.3. The van der Waals surface area contributed by atoms with Crippen LogP contribution in [0.1, 0.15) is 33.5 Å². The molecule has 28 heavy (non-hydrogen) atoms. The molecule has 0 atom stereocenters. The van der Waals surface area contributed by atoms with Crippen LogP contribution in [0.2, 0.25) is 0 Å². The number of methoxy groups -OCH3 is 1. The summed E-state index contributed by atoms with van der Waals surface area (Å²) in [6.45, 7) is 11.7. The molecule has 1 aliphatic rings. The maximum absolute atomic E-state index is 6.18. The number of fused-ring (bicyclic) bond motifs is 3. The molecule has 150 valence electrons. The molecule has 0 saturated carbocycles. The fraction of sp³-hybridized carbons (Fsp3) is 0.550. The van der Waals surface area contributed by atoms with E-state index in [4.69, 9.17) is 15.5 Å². The second kappa shape index (κ2) is 6.28. The largest absolute Gasteiger partial charge is 0.494 e. The first kappa shape index (κ1) is 18.9. The highest BCUT2D eigenvalue weighted by Gasteiger charge is 2.41. The molecule has 2 aromatic heterocycles. The molecule has 0 spiro atoms. The number of para-hydroxylation sites is 1. The van der Waals surface area contributed by atoms with E-state index in [0.717, 1.165) is 24.3 Å². The van der Waals surface area contributed by atoms with Gasteiger partial charge < -0.3 is 10.5 Å². The van der Waals surface area contributed by atoms with Crippen LogP contribution >= 0.6 is 0 Å². The minimum atomic E-state index is 0.0246. The van der Waals surface area contributed by atoms with E-state index < -0.39 is 0 Å². The van der Waals surface area contributed by atoms with Crippen molar-refractivity contribution < 1.29 is 4.74 Å². The smallest absolute Gasteiger partial charge is 0.223 e. The number of anilines is 1. The highest BCUT2D eigenvalue weighted by molar-refractivity contribution is 5.95. The third-order valence-corrected chi connectivity index (χ3v) is 5.98. The van der Waals surface area contributed by atoms with Gasteiger partial charge in [-0.3, -0.25) is 9.80 Å². The summed E-state index contributed by atoms with van der Waals surface area (Å²) in [7, 11) is 3.82. The molecule has 0 bridgehead atoms. The average Bonchev–Trinajstić information content (AvgIpc) is 3.04. The van der Waals surface area contributed by atoms with Crippen LogP contribution in [0.5, 0.6) is 5.75 Å². The molecule has 3 aromatic rings. The van der Waals surface area contributed by atoms with Crippen molar-refractivity contribution in [2.24, 2.45) is 0 Å². The Hall–Kier alpha value is -2.45. The molecule has 1 fully saturated rings. The number of hydrogen-bond acceptors (Lipinski definition) is 7. The van der Waals surface area contributed by atoms with Crippen LogP contribution < -0.4 is 10.5 Å². The monoisotopic (exact) mass is 383 g/mol. The van der Waals surface area contributed by atoms with E-state index in [1.807, 2.05) is 18.2 Å².